The van der Waals surface area contributed by atoms with E-state index < -0.39 is 0 Å². The van der Waals surface area contributed by atoms with Crippen molar-refractivity contribution in [3.63, 3.8) is 0 Å². The number of ether oxygens (including phenoxy) is 1. The zero-order chi connectivity index (χ0) is 13.8. The van der Waals surface area contributed by atoms with Crippen LogP contribution in [0, 0.1) is 13.8 Å². The minimum Gasteiger partial charge on any atom is -0.481 e. The van der Waals surface area contributed by atoms with Gasteiger partial charge in [0.1, 0.15) is 17.5 Å². The summed E-state index contributed by atoms with van der Waals surface area (Å²) in [5, 5.41) is 3.24. The van der Waals surface area contributed by atoms with Gasteiger partial charge in [-0.05, 0) is 19.4 Å². The van der Waals surface area contributed by atoms with Gasteiger partial charge in [0.15, 0.2) is 0 Å². The number of aryl methyl sites for hydroxylation is 1. The highest BCUT2D eigenvalue weighted by Crippen LogP contribution is 2.17. The van der Waals surface area contributed by atoms with Crippen molar-refractivity contribution < 1.29 is 4.74 Å². The fourth-order valence-corrected chi connectivity index (χ4v) is 1.64. The average Bonchev–Trinajstić information content (AvgIpc) is 2.41. The molecule has 0 saturated heterocycles. The first-order chi connectivity index (χ1) is 9.10. The van der Waals surface area contributed by atoms with Crippen LogP contribution in [-0.2, 0) is 6.54 Å². The summed E-state index contributed by atoms with van der Waals surface area (Å²) in [6.45, 7) is 4.33. The van der Waals surface area contributed by atoms with Crippen LogP contribution in [-0.4, -0.2) is 22.1 Å². The Bertz CT molecular complexity index is 568. The fraction of sp³-hybridized carbons (Fsp3) is 0.308. The van der Waals surface area contributed by atoms with Crippen molar-refractivity contribution in [3.05, 3.63) is 35.3 Å². The number of nitrogens with two attached hydrogens (primary N) is 1. The molecule has 3 N–H and O–H groups in total. The molecule has 0 fully saturated rings. The van der Waals surface area contributed by atoms with E-state index in [1.165, 1.54) is 0 Å². The third kappa shape index (κ3) is 3.09. The lowest BCUT2D eigenvalue weighted by molar-refractivity contribution is 0.397. The largest absolute Gasteiger partial charge is 0.481 e. The molecule has 2 aromatic heterocycles. The van der Waals surface area contributed by atoms with Crippen LogP contribution < -0.4 is 15.8 Å². The van der Waals surface area contributed by atoms with Crippen LogP contribution in [0.5, 0.6) is 5.88 Å². The lowest BCUT2D eigenvalue weighted by atomic mass is 10.2. The Labute approximate surface area is 112 Å². The average molecular weight is 259 g/mol. The molecular formula is C13H17N5O. The normalized spacial score (nSPS) is 10.3. The molecule has 0 unspecified atom stereocenters. The monoisotopic (exact) mass is 259 g/mol. The summed E-state index contributed by atoms with van der Waals surface area (Å²) < 4.78 is 5.01. The third-order valence-corrected chi connectivity index (χ3v) is 2.76. The van der Waals surface area contributed by atoms with Gasteiger partial charge in [-0.3, -0.25) is 0 Å². The van der Waals surface area contributed by atoms with Crippen molar-refractivity contribution in [1.82, 2.24) is 15.0 Å². The molecule has 2 heterocycles. The van der Waals surface area contributed by atoms with Crippen LogP contribution in [0.15, 0.2) is 18.3 Å². The van der Waals surface area contributed by atoms with Gasteiger partial charge < -0.3 is 15.8 Å². The number of methoxy groups -OCH3 is 1. The number of nitrogens with zero attached hydrogens (tertiary/aromatic N) is 3. The van der Waals surface area contributed by atoms with Crippen molar-refractivity contribution in [2.75, 3.05) is 18.2 Å². The summed E-state index contributed by atoms with van der Waals surface area (Å²) in [7, 11) is 1.59. The molecule has 0 bridgehead atoms. The molecule has 19 heavy (non-hydrogen) atoms. The quantitative estimate of drug-likeness (QED) is 0.869. The van der Waals surface area contributed by atoms with Crippen LogP contribution >= 0.6 is 0 Å². The predicted octanol–water partition coefficient (Wildman–Crippen LogP) is 1.69. The molecule has 0 saturated carbocycles. The van der Waals surface area contributed by atoms with Crippen LogP contribution in [0.3, 0.4) is 0 Å². The first-order valence-corrected chi connectivity index (χ1v) is 5.93. The van der Waals surface area contributed by atoms with Crippen molar-refractivity contribution in [1.29, 1.82) is 0 Å². The molecule has 0 aliphatic heterocycles. The highest BCUT2D eigenvalue weighted by Gasteiger charge is 2.06. The second kappa shape index (κ2) is 5.51. The smallest absolute Gasteiger partial charge is 0.212 e. The van der Waals surface area contributed by atoms with E-state index in [0.717, 1.165) is 16.9 Å². The van der Waals surface area contributed by atoms with Gasteiger partial charge in [-0.2, -0.15) is 0 Å². The van der Waals surface area contributed by atoms with Gasteiger partial charge in [-0.15, -0.1) is 0 Å². The molecule has 2 rings (SSSR count). The number of hydrogen-bond acceptors (Lipinski definition) is 6. The maximum absolute atomic E-state index is 5.81. The number of aromatic nitrogens is 3. The second-order valence-corrected chi connectivity index (χ2v) is 4.19. The number of nitrogens with one attached hydrogen (secondary N) is 1. The number of nitrogen functional groups attached to an aromatic ring is 1. The van der Waals surface area contributed by atoms with Gasteiger partial charge in [0.05, 0.1) is 7.11 Å². The molecule has 0 aliphatic rings. The zero-order valence-electron chi connectivity index (χ0n) is 11.3. The molecule has 0 atom stereocenters. The van der Waals surface area contributed by atoms with E-state index in [4.69, 9.17) is 10.5 Å². The Balaban J connectivity index is 2.09. The summed E-state index contributed by atoms with van der Waals surface area (Å²) in [6.07, 6.45) is 1.76. The molecule has 0 spiro atoms. The molecule has 0 aliphatic carbocycles. The van der Waals surface area contributed by atoms with Gasteiger partial charge >= 0.3 is 0 Å². The fourth-order valence-electron chi connectivity index (χ4n) is 1.64. The van der Waals surface area contributed by atoms with Crippen LogP contribution in [0.1, 0.15) is 17.0 Å². The first-order valence-electron chi connectivity index (χ1n) is 5.93. The Morgan fingerprint density at radius 3 is 2.68 bits per heavy atom. The molecule has 0 aromatic carbocycles. The highest BCUT2D eigenvalue weighted by molar-refractivity contribution is 5.54. The standard InChI is InChI=1S/C13H17N5O/c1-8-12(14)17-9(2)18-13(8)16-7-10-4-5-11(19-3)15-6-10/h4-6H,7H2,1-3H3,(H3,14,16,17,18). The van der Waals surface area contributed by atoms with Crippen molar-refractivity contribution in [2.45, 2.75) is 20.4 Å². The minimum atomic E-state index is 0.503. The van der Waals surface area contributed by atoms with E-state index in [1.54, 1.807) is 13.3 Å². The predicted molar refractivity (Wildman–Crippen MR) is 74.0 cm³/mol. The number of anilines is 2. The van der Waals surface area contributed by atoms with E-state index in [-0.39, 0.29) is 0 Å². The van der Waals surface area contributed by atoms with Crippen molar-refractivity contribution in [2.24, 2.45) is 0 Å². The number of rotatable bonds is 4. The number of hydrogen-bond donors (Lipinski definition) is 2. The lowest BCUT2D eigenvalue weighted by Gasteiger charge is -2.10. The maximum atomic E-state index is 5.81. The summed E-state index contributed by atoms with van der Waals surface area (Å²) in [6, 6.07) is 3.77. The molecule has 6 heteroatoms. The summed E-state index contributed by atoms with van der Waals surface area (Å²) in [5.41, 5.74) is 7.70. The Hall–Kier alpha value is -2.37. The van der Waals surface area contributed by atoms with Crippen LogP contribution in [0.4, 0.5) is 11.6 Å². The van der Waals surface area contributed by atoms with Gasteiger partial charge in [0, 0.05) is 24.4 Å². The Morgan fingerprint density at radius 2 is 2.05 bits per heavy atom. The summed E-state index contributed by atoms with van der Waals surface area (Å²) in [4.78, 5) is 12.6. The maximum Gasteiger partial charge on any atom is 0.212 e. The number of pyridine rings is 1. The van der Waals surface area contributed by atoms with Gasteiger partial charge in [0.2, 0.25) is 5.88 Å². The Morgan fingerprint density at radius 1 is 1.26 bits per heavy atom. The summed E-state index contributed by atoms with van der Waals surface area (Å²) >= 11 is 0. The molecule has 0 radical (unpaired) electrons. The van der Waals surface area contributed by atoms with Gasteiger partial charge in [-0.25, -0.2) is 15.0 Å². The molecular weight excluding hydrogens is 242 g/mol. The summed E-state index contributed by atoms with van der Waals surface area (Å²) in [5.74, 6) is 2.50. The van der Waals surface area contributed by atoms with Crippen molar-refractivity contribution in [3.8, 4) is 5.88 Å². The van der Waals surface area contributed by atoms with E-state index in [2.05, 4.69) is 20.3 Å². The van der Waals surface area contributed by atoms with E-state index in [1.807, 2.05) is 26.0 Å². The van der Waals surface area contributed by atoms with E-state index in [0.29, 0.717) is 24.1 Å². The third-order valence-electron chi connectivity index (χ3n) is 2.76. The first kappa shape index (κ1) is 13.1. The van der Waals surface area contributed by atoms with E-state index in [9.17, 15) is 0 Å². The molecule has 6 nitrogen and oxygen atoms in total. The zero-order valence-corrected chi connectivity index (χ0v) is 11.3. The SMILES string of the molecule is COc1ccc(CNc2nc(C)nc(N)c2C)cn1. The van der Waals surface area contributed by atoms with E-state index >= 15 is 0 Å². The molecule has 0 amide bonds. The Kier molecular flexibility index (Phi) is 3.79. The van der Waals surface area contributed by atoms with Gasteiger partial charge in [-0.1, -0.05) is 6.07 Å². The topological polar surface area (TPSA) is 86.0 Å². The highest BCUT2D eigenvalue weighted by atomic mass is 16.5. The molecule has 100 valence electrons. The van der Waals surface area contributed by atoms with Gasteiger partial charge in [0.25, 0.3) is 0 Å². The second-order valence-electron chi connectivity index (χ2n) is 4.19. The lowest BCUT2D eigenvalue weighted by Crippen LogP contribution is -2.08. The van der Waals surface area contributed by atoms with Crippen molar-refractivity contribution >= 4 is 11.6 Å². The van der Waals surface area contributed by atoms with Crippen LogP contribution in [0.25, 0.3) is 0 Å². The van der Waals surface area contributed by atoms with Crippen LogP contribution in [0.2, 0.25) is 0 Å². The minimum absolute atomic E-state index is 0.503. The molecule has 2 aromatic rings.